The second-order valence-corrected chi connectivity index (χ2v) is 5.78. The molecule has 0 aromatic rings. The molecule has 0 unspecified atom stereocenters. The van der Waals surface area contributed by atoms with Gasteiger partial charge in [0.15, 0.2) is 0 Å². The van der Waals surface area contributed by atoms with Gasteiger partial charge in [-0.15, -0.1) is 0 Å². The zero-order chi connectivity index (χ0) is 12.6. The van der Waals surface area contributed by atoms with E-state index in [1.54, 1.807) is 0 Å². The van der Waals surface area contributed by atoms with Crippen LogP contribution in [-0.4, -0.2) is 11.1 Å². The van der Waals surface area contributed by atoms with Gasteiger partial charge in [0.1, 0.15) is 0 Å². The van der Waals surface area contributed by atoms with Crippen LogP contribution in [-0.2, 0) is 4.79 Å². The molecule has 0 amide bonds. The van der Waals surface area contributed by atoms with Crippen molar-refractivity contribution in [2.24, 2.45) is 23.7 Å². The first-order chi connectivity index (χ1) is 8.00. The molecule has 0 aromatic heterocycles. The van der Waals surface area contributed by atoms with Crippen LogP contribution in [0.4, 0.5) is 0 Å². The van der Waals surface area contributed by atoms with Crippen LogP contribution in [0.3, 0.4) is 0 Å². The molecular formula is C15H22O2. The lowest BCUT2D eigenvalue weighted by molar-refractivity contribution is -0.133. The third-order valence-corrected chi connectivity index (χ3v) is 4.69. The van der Waals surface area contributed by atoms with E-state index in [1.165, 1.54) is 18.4 Å². The average molecular weight is 234 g/mol. The first kappa shape index (κ1) is 12.4. The van der Waals surface area contributed by atoms with Crippen LogP contribution >= 0.6 is 0 Å². The number of carbonyl (C=O) groups is 1. The minimum absolute atomic E-state index is 0.156. The standard InChI is InChI=1S/C15H22O2/c1-9-4-6-12-10(2)5-7-13(14(12)8-9)11(3)15(16)17/h8,10,12-14H,3-7H2,1-2H3,(H,16,17)/t10-,12+,13+,14+/m1/s1. The SMILES string of the molecule is C=C(C(=O)O)[C@@H]1CC[C@@H](C)[C@@H]2CCC(C)=C[C@@H]21. The summed E-state index contributed by atoms with van der Waals surface area (Å²) < 4.78 is 0. The van der Waals surface area contributed by atoms with Gasteiger partial charge in [-0.05, 0) is 56.3 Å². The molecular weight excluding hydrogens is 212 g/mol. The molecule has 0 saturated heterocycles. The first-order valence-corrected chi connectivity index (χ1v) is 6.60. The summed E-state index contributed by atoms with van der Waals surface area (Å²) in [6.07, 6.45) is 6.85. The molecule has 1 N–H and O–H groups in total. The minimum atomic E-state index is -0.820. The Kier molecular flexibility index (Phi) is 3.41. The Morgan fingerprint density at radius 1 is 1.41 bits per heavy atom. The Hall–Kier alpha value is -1.05. The van der Waals surface area contributed by atoms with E-state index in [1.807, 2.05) is 0 Å². The van der Waals surface area contributed by atoms with E-state index in [9.17, 15) is 4.79 Å². The van der Waals surface area contributed by atoms with Crippen molar-refractivity contribution < 1.29 is 9.90 Å². The van der Waals surface area contributed by atoms with Crippen LogP contribution < -0.4 is 0 Å². The normalized spacial score (nSPS) is 36.9. The second kappa shape index (κ2) is 4.67. The maximum atomic E-state index is 11.1. The van der Waals surface area contributed by atoms with Crippen molar-refractivity contribution in [3.05, 3.63) is 23.8 Å². The van der Waals surface area contributed by atoms with Gasteiger partial charge >= 0.3 is 5.97 Å². The summed E-state index contributed by atoms with van der Waals surface area (Å²) in [6, 6.07) is 0. The summed E-state index contributed by atoms with van der Waals surface area (Å²) in [6.45, 7) is 8.26. The van der Waals surface area contributed by atoms with Crippen LogP contribution in [0, 0.1) is 23.7 Å². The molecule has 0 heterocycles. The molecule has 4 atom stereocenters. The summed E-state index contributed by atoms with van der Waals surface area (Å²) in [5.41, 5.74) is 1.83. The van der Waals surface area contributed by atoms with E-state index in [0.717, 1.165) is 18.8 Å². The van der Waals surface area contributed by atoms with Gasteiger partial charge in [0.25, 0.3) is 0 Å². The molecule has 94 valence electrons. The number of rotatable bonds is 2. The van der Waals surface area contributed by atoms with Crippen molar-refractivity contribution in [1.82, 2.24) is 0 Å². The fourth-order valence-electron chi connectivity index (χ4n) is 3.61. The van der Waals surface area contributed by atoms with Crippen molar-refractivity contribution in [2.75, 3.05) is 0 Å². The zero-order valence-corrected chi connectivity index (χ0v) is 10.8. The van der Waals surface area contributed by atoms with Crippen LogP contribution in [0.25, 0.3) is 0 Å². The summed E-state index contributed by atoms with van der Waals surface area (Å²) >= 11 is 0. The first-order valence-electron chi connectivity index (χ1n) is 6.60. The summed E-state index contributed by atoms with van der Waals surface area (Å²) in [5.74, 6) is 1.13. The second-order valence-electron chi connectivity index (χ2n) is 5.78. The molecule has 2 aliphatic carbocycles. The lowest BCUT2D eigenvalue weighted by Crippen LogP contribution is -2.36. The van der Waals surface area contributed by atoms with Crippen LogP contribution in [0.1, 0.15) is 39.5 Å². The summed E-state index contributed by atoms with van der Waals surface area (Å²) in [4.78, 5) is 11.1. The molecule has 1 saturated carbocycles. The zero-order valence-electron chi connectivity index (χ0n) is 10.8. The molecule has 0 spiro atoms. The number of carboxylic acids is 1. The molecule has 0 aliphatic heterocycles. The lowest BCUT2D eigenvalue weighted by atomic mass is 9.61. The molecule has 0 radical (unpaired) electrons. The van der Waals surface area contributed by atoms with Gasteiger partial charge in [-0.25, -0.2) is 4.79 Å². The van der Waals surface area contributed by atoms with E-state index in [2.05, 4.69) is 26.5 Å². The van der Waals surface area contributed by atoms with Crippen molar-refractivity contribution in [1.29, 1.82) is 0 Å². The lowest BCUT2D eigenvalue weighted by Gasteiger charge is -2.43. The van der Waals surface area contributed by atoms with Crippen molar-refractivity contribution in [3.8, 4) is 0 Å². The van der Waals surface area contributed by atoms with Gasteiger partial charge in [0.2, 0.25) is 0 Å². The molecule has 0 aromatic carbocycles. The Bertz CT molecular complexity index is 367. The Morgan fingerprint density at radius 3 is 2.76 bits per heavy atom. The molecule has 2 heteroatoms. The molecule has 2 nitrogen and oxygen atoms in total. The highest BCUT2D eigenvalue weighted by Gasteiger charge is 2.39. The fraction of sp³-hybridized carbons (Fsp3) is 0.667. The van der Waals surface area contributed by atoms with Crippen LogP contribution in [0.15, 0.2) is 23.8 Å². The van der Waals surface area contributed by atoms with Gasteiger partial charge in [0, 0.05) is 5.57 Å². The summed E-state index contributed by atoms with van der Waals surface area (Å²) in [7, 11) is 0. The van der Waals surface area contributed by atoms with Crippen molar-refractivity contribution >= 4 is 5.97 Å². The molecule has 17 heavy (non-hydrogen) atoms. The molecule has 1 fully saturated rings. The van der Waals surface area contributed by atoms with Gasteiger partial charge in [-0.1, -0.05) is 25.2 Å². The highest BCUT2D eigenvalue weighted by atomic mass is 16.4. The largest absolute Gasteiger partial charge is 0.478 e. The summed E-state index contributed by atoms with van der Waals surface area (Å²) in [5, 5.41) is 9.14. The highest BCUT2D eigenvalue weighted by Crippen LogP contribution is 2.47. The van der Waals surface area contributed by atoms with E-state index in [4.69, 9.17) is 5.11 Å². The third kappa shape index (κ3) is 2.31. The van der Waals surface area contributed by atoms with Gasteiger partial charge in [-0.2, -0.15) is 0 Å². The average Bonchev–Trinajstić information content (AvgIpc) is 2.28. The quantitative estimate of drug-likeness (QED) is 0.585. The maximum Gasteiger partial charge on any atom is 0.331 e. The number of carboxylic acid groups (broad SMARTS) is 1. The Morgan fingerprint density at radius 2 is 2.12 bits per heavy atom. The maximum absolute atomic E-state index is 11.1. The van der Waals surface area contributed by atoms with Crippen LogP contribution in [0.5, 0.6) is 0 Å². The highest BCUT2D eigenvalue weighted by molar-refractivity contribution is 5.86. The van der Waals surface area contributed by atoms with E-state index in [0.29, 0.717) is 17.4 Å². The Labute approximate surface area is 103 Å². The van der Waals surface area contributed by atoms with Crippen molar-refractivity contribution in [2.45, 2.75) is 39.5 Å². The number of hydrogen-bond donors (Lipinski definition) is 1. The molecule has 0 bridgehead atoms. The predicted octanol–water partition coefficient (Wildman–Crippen LogP) is 3.65. The molecule has 2 aliphatic rings. The minimum Gasteiger partial charge on any atom is -0.478 e. The van der Waals surface area contributed by atoms with E-state index in [-0.39, 0.29) is 5.92 Å². The van der Waals surface area contributed by atoms with Crippen molar-refractivity contribution in [3.63, 3.8) is 0 Å². The third-order valence-electron chi connectivity index (χ3n) is 4.69. The molecule has 2 rings (SSSR count). The van der Waals surface area contributed by atoms with Gasteiger partial charge in [-0.3, -0.25) is 0 Å². The number of allylic oxidation sites excluding steroid dienone is 2. The van der Waals surface area contributed by atoms with Crippen LogP contribution in [0.2, 0.25) is 0 Å². The number of fused-ring (bicyclic) bond motifs is 1. The predicted molar refractivity (Wildman–Crippen MR) is 68.6 cm³/mol. The topological polar surface area (TPSA) is 37.3 Å². The smallest absolute Gasteiger partial charge is 0.331 e. The fourth-order valence-corrected chi connectivity index (χ4v) is 3.61. The Balaban J connectivity index is 2.26. The van der Waals surface area contributed by atoms with E-state index >= 15 is 0 Å². The van der Waals surface area contributed by atoms with Gasteiger partial charge in [0.05, 0.1) is 0 Å². The van der Waals surface area contributed by atoms with Gasteiger partial charge < -0.3 is 5.11 Å². The van der Waals surface area contributed by atoms with E-state index < -0.39 is 5.97 Å². The number of aliphatic carboxylic acids is 1. The monoisotopic (exact) mass is 234 g/mol. The number of hydrogen-bond acceptors (Lipinski definition) is 1.